The van der Waals surface area contributed by atoms with E-state index in [0.717, 1.165) is 43.6 Å². The molecule has 1 N–H and O–H groups in total. The lowest BCUT2D eigenvalue weighted by atomic mass is 10.1. The first kappa shape index (κ1) is 16.3. The predicted octanol–water partition coefficient (Wildman–Crippen LogP) is 2.68. The van der Waals surface area contributed by atoms with Crippen molar-refractivity contribution in [1.82, 2.24) is 4.90 Å². The molecule has 1 aliphatic heterocycles. The summed E-state index contributed by atoms with van der Waals surface area (Å²) in [6, 6.07) is 5.34. The van der Waals surface area contributed by atoms with Crippen LogP contribution in [0.2, 0.25) is 0 Å². The van der Waals surface area contributed by atoms with Crippen molar-refractivity contribution >= 4 is 0 Å². The van der Waals surface area contributed by atoms with Crippen molar-refractivity contribution in [3.8, 4) is 0 Å². The van der Waals surface area contributed by atoms with E-state index in [9.17, 15) is 13.2 Å². The van der Waals surface area contributed by atoms with Crippen LogP contribution in [-0.2, 0) is 17.5 Å². The molecule has 1 aliphatic rings. The third kappa shape index (κ3) is 4.98. The minimum absolute atomic E-state index is 0.0335. The Morgan fingerprint density at radius 2 is 1.76 bits per heavy atom. The average Bonchev–Trinajstić information content (AvgIpc) is 2.46. The molecule has 0 spiro atoms. The Labute approximate surface area is 122 Å². The quantitative estimate of drug-likeness (QED) is 0.908. The molecule has 1 aromatic carbocycles. The molecule has 0 saturated carbocycles. The second-order valence-electron chi connectivity index (χ2n) is 5.26. The maximum absolute atomic E-state index is 12.5. The van der Waals surface area contributed by atoms with Crippen molar-refractivity contribution in [2.45, 2.75) is 31.7 Å². The van der Waals surface area contributed by atoms with E-state index in [2.05, 4.69) is 4.90 Å². The minimum atomic E-state index is -4.28. The largest absolute Gasteiger partial charge is 0.416 e. The van der Waals surface area contributed by atoms with Gasteiger partial charge in [0.15, 0.2) is 0 Å². The van der Waals surface area contributed by atoms with Crippen LogP contribution in [-0.4, -0.2) is 42.4 Å². The van der Waals surface area contributed by atoms with Gasteiger partial charge in [-0.2, -0.15) is 13.2 Å². The molecule has 1 saturated heterocycles. The number of aliphatic hydroxyl groups excluding tert-OH is 1. The standard InChI is InChI=1S/C15H20F3NO2/c16-15(17,18)13-3-1-12(2-4-13)11-19-7-5-14(6-8-19)21-10-9-20/h1-4,14,20H,5-11H2. The van der Waals surface area contributed by atoms with E-state index in [1.807, 2.05) is 0 Å². The molecule has 0 aliphatic carbocycles. The molecule has 6 heteroatoms. The van der Waals surface area contributed by atoms with E-state index in [-0.39, 0.29) is 12.7 Å². The summed E-state index contributed by atoms with van der Waals surface area (Å²) < 4.78 is 42.9. The number of alkyl halides is 3. The van der Waals surface area contributed by atoms with Crippen molar-refractivity contribution in [1.29, 1.82) is 0 Å². The summed E-state index contributed by atoms with van der Waals surface area (Å²) in [4.78, 5) is 2.21. The van der Waals surface area contributed by atoms with Crippen LogP contribution in [0.4, 0.5) is 13.2 Å². The highest BCUT2D eigenvalue weighted by Gasteiger charge is 2.30. The molecule has 2 rings (SSSR count). The molecule has 118 valence electrons. The predicted molar refractivity (Wildman–Crippen MR) is 72.8 cm³/mol. The van der Waals surface area contributed by atoms with Gasteiger partial charge in [-0.25, -0.2) is 0 Å². The van der Waals surface area contributed by atoms with Gasteiger partial charge in [-0.1, -0.05) is 12.1 Å². The van der Waals surface area contributed by atoms with Crippen LogP contribution >= 0.6 is 0 Å². The lowest BCUT2D eigenvalue weighted by molar-refractivity contribution is -0.137. The van der Waals surface area contributed by atoms with E-state index >= 15 is 0 Å². The van der Waals surface area contributed by atoms with Crippen molar-refractivity contribution in [2.24, 2.45) is 0 Å². The van der Waals surface area contributed by atoms with Crippen molar-refractivity contribution in [3.05, 3.63) is 35.4 Å². The molecule has 0 bridgehead atoms. The van der Waals surface area contributed by atoms with E-state index in [1.54, 1.807) is 0 Å². The smallest absolute Gasteiger partial charge is 0.394 e. The highest BCUT2D eigenvalue weighted by atomic mass is 19.4. The second-order valence-corrected chi connectivity index (χ2v) is 5.26. The summed E-state index contributed by atoms with van der Waals surface area (Å²) in [6.45, 7) is 2.77. The lowest BCUT2D eigenvalue weighted by Crippen LogP contribution is -2.36. The molecule has 1 aromatic rings. The normalized spacial score (nSPS) is 18.1. The van der Waals surface area contributed by atoms with Crippen LogP contribution in [0, 0.1) is 0 Å². The molecule has 1 heterocycles. The van der Waals surface area contributed by atoms with Gasteiger partial charge in [0.2, 0.25) is 0 Å². The second kappa shape index (κ2) is 7.24. The molecule has 3 nitrogen and oxygen atoms in total. The zero-order valence-electron chi connectivity index (χ0n) is 11.8. The summed E-state index contributed by atoms with van der Waals surface area (Å²) in [5, 5.41) is 8.71. The van der Waals surface area contributed by atoms with Crippen molar-refractivity contribution < 1.29 is 23.0 Å². The summed E-state index contributed by atoms with van der Waals surface area (Å²) in [6.07, 6.45) is -2.32. The van der Waals surface area contributed by atoms with Gasteiger partial charge in [0.05, 0.1) is 24.9 Å². The molecular formula is C15H20F3NO2. The van der Waals surface area contributed by atoms with Gasteiger partial charge in [-0.15, -0.1) is 0 Å². The molecule has 0 atom stereocenters. The number of nitrogens with zero attached hydrogens (tertiary/aromatic N) is 1. The molecule has 0 aromatic heterocycles. The first-order valence-corrected chi connectivity index (χ1v) is 7.10. The maximum atomic E-state index is 12.5. The Bertz CT molecular complexity index is 426. The number of halogens is 3. The molecule has 21 heavy (non-hydrogen) atoms. The van der Waals surface area contributed by atoms with Crippen LogP contribution in [0.15, 0.2) is 24.3 Å². The number of rotatable bonds is 5. The van der Waals surface area contributed by atoms with Crippen molar-refractivity contribution in [3.63, 3.8) is 0 Å². The van der Waals surface area contributed by atoms with Gasteiger partial charge < -0.3 is 9.84 Å². The first-order valence-electron chi connectivity index (χ1n) is 7.10. The van der Waals surface area contributed by atoms with Gasteiger partial charge in [0.1, 0.15) is 0 Å². The van der Waals surface area contributed by atoms with Crippen LogP contribution in [0.3, 0.4) is 0 Å². The number of ether oxygens (including phenoxy) is 1. The van der Waals surface area contributed by atoms with E-state index in [0.29, 0.717) is 13.2 Å². The molecule has 0 radical (unpaired) electrons. The maximum Gasteiger partial charge on any atom is 0.416 e. The van der Waals surface area contributed by atoms with Gasteiger partial charge >= 0.3 is 6.18 Å². The summed E-state index contributed by atoms with van der Waals surface area (Å²) in [7, 11) is 0. The summed E-state index contributed by atoms with van der Waals surface area (Å²) in [5.41, 5.74) is 0.278. The first-order chi connectivity index (χ1) is 9.99. The SMILES string of the molecule is OCCOC1CCN(Cc2ccc(C(F)(F)F)cc2)CC1. The highest BCUT2D eigenvalue weighted by molar-refractivity contribution is 5.24. The fraction of sp³-hybridized carbons (Fsp3) is 0.600. The number of benzene rings is 1. The molecule has 0 amide bonds. The third-order valence-electron chi connectivity index (χ3n) is 3.67. The van der Waals surface area contributed by atoms with Gasteiger partial charge in [-0.3, -0.25) is 4.90 Å². The molecule has 1 fully saturated rings. The monoisotopic (exact) mass is 303 g/mol. The Morgan fingerprint density at radius 3 is 2.29 bits per heavy atom. The number of piperidine rings is 1. The Hall–Kier alpha value is -1.11. The average molecular weight is 303 g/mol. The van der Waals surface area contributed by atoms with Crippen LogP contribution < -0.4 is 0 Å². The number of aliphatic hydroxyl groups is 1. The molecule has 0 unspecified atom stereocenters. The van der Waals surface area contributed by atoms with Gasteiger partial charge in [0.25, 0.3) is 0 Å². The van der Waals surface area contributed by atoms with E-state index in [1.165, 1.54) is 12.1 Å². The Balaban J connectivity index is 1.81. The van der Waals surface area contributed by atoms with Gasteiger partial charge in [0, 0.05) is 19.6 Å². The zero-order chi connectivity index (χ0) is 15.3. The van der Waals surface area contributed by atoms with Crippen molar-refractivity contribution in [2.75, 3.05) is 26.3 Å². The zero-order valence-corrected chi connectivity index (χ0v) is 11.8. The third-order valence-corrected chi connectivity index (χ3v) is 3.67. The van der Waals surface area contributed by atoms with Crippen LogP contribution in [0.1, 0.15) is 24.0 Å². The Kier molecular flexibility index (Phi) is 5.61. The topological polar surface area (TPSA) is 32.7 Å². The van der Waals surface area contributed by atoms with E-state index in [4.69, 9.17) is 9.84 Å². The number of hydrogen-bond acceptors (Lipinski definition) is 3. The highest BCUT2D eigenvalue weighted by Crippen LogP contribution is 2.29. The number of hydrogen-bond donors (Lipinski definition) is 1. The summed E-state index contributed by atoms with van der Waals surface area (Å²) >= 11 is 0. The minimum Gasteiger partial charge on any atom is -0.394 e. The van der Waals surface area contributed by atoms with E-state index < -0.39 is 11.7 Å². The fourth-order valence-electron chi connectivity index (χ4n) is 2.51. The Morgan fingerprint density at radius 1 is 1.14 bits per heavy atom. The summed E-state index contributed by atoms with van der Waals surface area (Å²) in [5.74, 6) is 0. The lowest BCUT2D eigenvalue weighted by Gasteiger charge is -2.31. The van der Waals surface area contributed by atoms with Gasteiger partial charge in [-0.05, 0) is 30.5 Å². The van der Waals surface area contributed by atoms with Crippen LogP contribution in [0.25, 0.3) is 0 Å². The molecular weight excluding hydrogens is 283 g/mol. The number of likely N-dealkylation sites (tertiary alicyclic amines) is 1. The van der Waals surface area contributed by atoms with Crippen LogP contribution in [0.5, 0.6) is 0 Å². The fourth-order valence-corrected chi connectivity index (χ4v) is 2.51.